The fourth-order valence-corrected chi connectivity index (χ4v) is 3.99. The average Bonchev–Trinajstić information content (AvgIpc) is 2.91. The largest absolute Gasteiger partial charge is 0.311 e. The smallest absolute Gasteiger partial charge is 0.230 e. The highest BCUT2D eigenvalue weighted by atomic mass is 32.2. The van der Waals surface area contributed by atoms with Crippen LogP contribution in [0.15, 0.2) is 24.3 Å². The normalized spacial score (nSPS) is 23.1. The molecular weight excluding hydrogens is 258 g/mol. The Kier molecular flexibility index (Phi) is 3.60. The Morgan fingerprint density at radius 1 is 1.32 bits per heavy atom. The number of thioether (sulfide) groups is 1. The number of anilines is 1. The van der Waals surface area contributed by atoms with Crippen LogP contribution < -0.4 is 4.90 Å². The molecule has 0 spiro atoms. The summed E-state index contributed by atoms with van der Waals surface area (Å²) in [6.07, 6.45) is 2.27. The van der Waals surface area contributed by atoms with Crippen molar-refractivity contribution in [3.05, 3.63) is 29.8 Å². The van der Waals surface area contributed by atoms with E-state index in [4.69, 9.17) is 0 Å². The van der Waals surface area contributed by atoms with E-state index >= 15 is 0 Å². The maximum absolute atomic E-state index is 12.6. The number of Topliss-reactive ketones (excluding diaryl/α,β-unsaturated/α-hetero) is 1. The zero-order chi connectivity index (χ0) is 13.2. The summed E-state index contributed by atoms with van der Waals surface area (Å²) in [5.74, 6) is 2.49. The van der Waals surface area contributed by atoms with Crippen LogP contribution in [0.2, 0.25) is 0 Å². The second kappa shape index (κ2) is 5.37. The van der Waals surface area contributed by atoms with Crippen LogP contribution >= 0.6 is 11.8 Å². The van der Waals surface area contributed by atoms with Crippen molar-refractivity contribution in [2.45, 2.75) is 19.3 Å². The molecule has 0 bridgehead atoms. The molecule has 2 heterocycles. The Morgan fingerprint density at radius 2 is 2.16 bits per heavy atom. The molecule has 2 aliphatic heterocycles. The van der Waals surface area contributed by atoms with Crippen molar-refractivity contribution in [1.29, 1.82) is 0 Å². The summed E-state index contributed by atoms with van der Waals surface area (Å²) in [6, 6.07) is 7.52. The zero-order valence-electron chi connectivity index (χ0n) is 10.8. The van der Waals surface area contributed by atoms with Gasteiger partial charge >= 0.3 is 0 Å². The van der Waals surface area contributed by atoms with E-state index in [1.807, 2.05) is 40.9 Å². The molecule has 2 aliphatic rings. The van der Waals surface area contributed by atoms with Crippen molar-refractivity contribution in [2.24, 2.45) is 5.92 Å². The first-order valence-corrected chi connectivity index (χ1v) is 7.94. The topological polar surface area (TPSA) is 37.4 Å². The lowest BCUT2D eigenvalue weighted by atomic mass is 10.0. The van der Waals surface area contributed by atoms with Gasteiger partial charge in [0.1, 0.15) is 0 Å². The van der Waals surface area contributed by atoms with E-state index in [1.165, 1.54) is 0 Å². The molecule has 0 radical (unpaired) electrons. The van der Waals surface area contributed by atoms with Crippen LogP contribution in [0, 0.1) is 5.92 Å². The van der Waals surface area contributed by atoms with Crippen molar-refractivity contribution in [3.8, 4) is 0 Å². The lowest BCUT2D eigenvalue weighted by Gasteiger charge is -2.25. The molecule has 1 amide bonds. The Morgan fingerprint density at radius 3 is 2.95 bits per heavy atom. The van der Waals surface area contributed by atoms with Gasteiger partial charge in [-0.25, -0.2) is 0 Å². The van der Waals surface area contributed by atoms with Crippen LogP contribution in [0.25, 0.3) is 0 Å². The third-order valence-corrected chi connectivity index (χ3v) is 4.99. The van der Waals surface area contributed by atoms with Crippen LogP contribution in [-0.4, -0.2) is 29.7 Å². The van der Waals surface area contributed by atoms with Gasteiger partial charge in [-0.3, -0.25) is 9.59 Å². The number of para-hydroxylation sites is 1. The lowest BCUT2D eigenvalue weighted by molar-refractivity contribution is -0.121. The van der Waals surface area contributed by atoms with Crippen LogP contribution in [-0.2, 0) is 4.79 Å². The molecule has 3 rings (SSSR count). The number of nitrogens with zero attached hydrogens (tertiary/aromatic N) is 1. The lowest BCUT2D eigenvalue weighted by Crippen LogP contribution is -2.37. The molecule has 1 aromatic carbocycles. The minimum absolute atomic E-state index is 0.131. The van der Waals surface area contributed by atoms with Crippen molar-refractivity contribution in [2.75, 3.05) is 23.0 Å². The van der Waals surface area contributed by atoms with E-state index in [-0.39, 0.29) is 17.6 Å². The summed E-state index contributed by atoms with van der Waals surface area (Å²) >= 11 is 1.85. The molecule has 0 aromatic heterocycles. The number of carbonyl (C=O) groups is 2. The van der Waals surface area contributed by atoms with Gasteiger partial charge in [-0.2, -0.15) is 11.8 Å². The summed E-state index contributed by atoms with van der Waals surface area (Å²) in [5, 5.41) is 0. The molecule has 0 N–H and O–H groups in total. The predicted molar refractivity (Wildman–Crippen MR) is 77.8 cm³/mol. The van der Waals surface area contributed by atoms with Gasteiger partial charge in [0.05, 0.1) is 5.69 Å². The van der Waals surface area contributed by atoms with E-state index in [9.17, 15) is 9.59 Å². The second-order valence-corrected chi connectivity index (χ2v) is 6.24. The third kappa shape index (κ3) is 2.41. The van der Waals surface area contributed by atoms with Crippen LogP contribution in [0.4, 0.5) is 5.69 Å². The molecular formula is C15H17NO2S. The molecule has 3 nitrogen and oxygen atoms in total. The molecule has 19 heavy (non-hydrogen) atoms. The second-order valence-electron chi connectivity index (χ2n) is 5.09. The molecule has 100 valence electrons. The minimum atomic E-state index is 0.131. The van der Waals surface area contributed by atoms with E-state index in [2.05, 4.69) is 0 Å². The molecule has 0 aliphatic carbocycles. The summed E-state index contributed by atoms with van der Waals surface area (Å²) in [4.78, 5) is 26.5. The summed E-state index contributed by atoms with van der Waals surface area (Å²) in [7, 11) is 0. The zero-order valence-corrected chi connectivity index (χ0v) is 11.6. The van der Waals surface area contributed by atoms with Crippen molar-refractivity contribution in [3.63, 3.8) is 0 Å². The summed E-state index contributed by atoms with van der Waals surface area (Å²) < 4.78 is 0. The van der Waals surface area contributed by atoms with Gasteiger partial charge in [0, 0.05) is 30.2 Å². The van der Waals surface area contributed by atoms with Gasteiger partial charge in [-0.05, 0) is 30.7 Å². The van der Waals surface area contributed by atoms with Crippen molar-refractivity contribution >= 4 is 29.1 Å². The first-order chi connectivity index (χ1) is 9.27. The minimum Gasteiger partial charge on any atom is -0.311 e. The van der Waals surface area contributed by atoms with Gasteiger partial charge in [0.2, 0.25) is 5.91 Å². The van der Waals surface area contributed by atoms with Crippen LogP contribution in [0.5, 0.6) is 0 Å². The van der Waals surface area contributed by atoms with E-state index in [0.717, 1.165) is 30.0 Å². The number of hydrogen-bond acceptors (Lipinski definition) is 3. The van der Waals surface area contributed by atoms with Crippen LogP contribution in [0.3, 0.4) is 0 Å². The Labute approximate surface area is 117 Å². The number of rotatable bonds is 1. The number of amides is 1. The highest BCUT2D eigenvalue weighted by Gasteiger charge is 2.31. The maximum atomic E-state index is 12.6. The molecule has 1 aromatic rings. The highest BCUT2D eigenvalue weighted by Crippen LogP contribution is 2.31. The SMILES string of the molecule is O=C1CCCN(C(=O)C2CCSC2)c2ccccc21. The standard InChI is InChI=1S/C15H17NO2S/c17-14-6-3-8-16(13-5-2-1-4-12(13)14)15(18)11-7-9-19-10-11/h1-2,4-5,11H,3,6-10H2. The van der Waals surface area contributed by atoms with Gasteiger partial charge < -0.3 is 4.90 Å². The molecule has 4 heteroatoms. The van der Waals surface area contributed by atoms with E-state index < -0.39 is 0 Å². The quantitative estimate of drug-likeness (QED) is 0.791. The molecule has 1 atom stereocenters. The first-order valence-electron chi connectivity index (χ1n) is 6.79. The summed E-state index contributed by atoms with van der Waals surface area (Å²) in [5.41, 5.74) is 1.52. The number of fused-ring (bicyclic) bond motifs is 1. The fourth-order valence-electron chi connectivity index (χ4n) is 2.78. The fraction of sp³-hybridized carbons (Fsp3) is 0.467. The van der Waals surface area contributed by atoms with Gasteiger partial charge in [-0.1, -0.05) is 12.1 Å². The van der Waals surface area contributed by atoms with Gasteiger partial charge in [0.15, 0.2) is 5.78 Å². The third-order valence-electron chi connectivity index (χ3n) is 3.83. The van der Waals surface area contributed by atoms with E-state index in [0.29, 0.717) is 18.5 Å². The average molecular weight is 275 g/mol. The Bertz CT molecular complexity index is 509. The Balaban J connectivity index is 1.94. The number of ketones is 1. The first kappa shape index (κ1) is 12.7. The van der Waals surface area contributed by atoms with Crippen molar-refractivity contribution < 1.29 is 9.59 Å². The summed E-state index contributed by atoms with van der Waals surface area (Å²) in [6.45, 7) is 0.669. The van der Waals surface area contributed by atoms with Gasteiger partial charge in [-0.15, -0.1) is 0 Å². The highest BCUT2D eigenvalue weighted by molar-refractivity contribution is 7.99. The molecule has 0 saturated carbocycles. The predicted octanol–water partition coefficient (Wildman–Crippen LogP) is 2.75. The molecule has 1 saturated heterocycles. The molecule has 1 fully saturated rings. The molecule has 1 unspecified atom stereocenters. The maximum Gasteiger partial charge on any atom is 0.230 e. The van der Waals surface area contributed by atoms with Crippen molar-refractivity contribution in [1.82, 2.24) is 0 Å². The van der Waals surface area contributed by atoms with E-state index in [1.54, 1.807) is 0 Å². The van der Waals surface area contributed by atoms with Crippen LogP contribution in [0.1, 0.15) is 29.6 Å². The number of carbonyl (C=O) groups excluding carboxylic acids is 2. The van der Waals surface area contributed by atoms with Gasteiger partial charge in [0.25, 0.3) is 0 Å². The number of hydrogen-bond donors (Lipinski definition) is 0. The Hall–Kier alpha value is -1.29. The number of benzene rings is 1. The monoisotopic (exact) mass is 275 g/mol.